The van der Waals surface area contributed by atoms with Gasteiger partial charge in [0.25, 0.3) is 0 Å². The van der Waals surface area contributed by atoms with Crippen molar-refractivity contribution in [3.8, 4) is 17.1 Å². The topological polar surface area (TPSA) is 53.1 Å². The maximum Gasteiger partial charge on any atom is 0.165 e. The number of nitrogens with zero attached hydrogens (tertiary/aromatic N) is 2. The molecule has 2 N–H and O–H groups in total. The van der Waals surface area contributed by atoms with E-state index in [2.05, 4.69) is 4.98 Å². The van der Waals surface area contributed by atoms with Crippen LogP contribution in [0.25, 0.3) is 11.4 Å². The van der Waals surface area contributed by atoms with Crippen LogP contribution in [-0.4, -0.2) is 16.7 Å². The number of hydrogen-bond acceptors (Lipinski definition) is 3. The second-order valence-electron chi connectivity index (χ2n) is 3.79. The predicted octanol–water partition coefficient (Wildman–Crippen LogP) is 2.35. The van der Waals surface area contributed by atoms with Crippen LogP contribution >= 0.6 is 11.6 Å². The third-order valence-electron chi connectivity index (χ3n) is 2.69. The van der Waals surface area contributed by atoms with Gasteiger partial charge in [0.1, 0.15) is 11.0 Å². The van der Waals surface area contributed by atoms with Gasteiger partial charge in [0.15, 0.2) is 11.6 Å². The van der Waals surface area contributed by atoms with Crippen LogP contribution in [0.15, 0.2) is 18.2 Å². The number of halogens is 2. The molecular formula is C12H13ClFN3O. The second kappa shape index (κ2) is 4.96. The van der Waals surface area contributed by atoms with Crippen LogP contribution in [0.3, 0.4) is 0 Å². The number of nitrogens with two attached hydrogens (primary N) is 1. The summed E-state index contributed by atoms with van der Waals surface area (Å²) in [6.07, 6.45) is 0. The Kier molecular flexibility index (Phi) is 3.54. The molecule has 0 atom stereocenters. The van der Waals surface area contributed by atoms with Gasteiger partial charge < -0.3 is 15.0 Å². The molecule has 2 aromatic rings. The largest absolute Gasteiger partial charge is 0.494 e. The van der Waals surface area contributed by atoms with E-state index in [-0.39, 0.29) is 12.3 Å². The highest BCUT2D eigenvalue weighted by atomic mass is 35.5. The molecule has 0 aliphatic carbocycles. The van der Waals surface area contributed by atoms with Crippen LogP contribution in [0, 0.1) is 5.82 Å². The molecule has 0 bridgehead atoms. The van der Waals surface area contributed by atoms with Gasteiger partial charge in [0.2, 0.25) is 0 Å². The Morgan fingerprint density at radius 1 is 1.50 bits per heavy atom. The lowest BCUT2D eigenvalue weighted by molar-refractivity contribution is 0.386. The normalized spacial score (nSPS) is 10.7. The van der Waals surface area contributed by atoms with E-state index in [1.54, 1.807) is 23.7 Å². The highest BCUT2D eigenvalue weighted by Gasteiger charge is 2.14. The predicted molar refractivity (Wildman–Crippen MR) is 68.1 cm³/mol. The zero-order chi connectivity index (χ0) is 13.3. The summed E-state index contributed by atoms with van der Waals surface area (Å²) in [6, 6.07) is 4.63. The maximum absolute atomic E-state index is 13.6. The summed E-state index contributed by atoms with van der Waals surface area (Å²) < 4.78 is 20.2. The van der Waals surface area contributed by atoms with Crippen molar-refractivity contribution in [1.82, 2.24) is 9.55 Å². The lowest BCUT2D eigenvalue weighted by atomic mass is 10.2. The minimum Gasteiger partial charge on any atom is -0.494 e. The van der Waals surface area contributed by atoms with E-state index in [4.69, 9.17) is 22.1 Å². The molecule has 4 nitrogen and oxygen atoms in total. The lowest BCUT2D eigenvalue weighted by Crippen LogP contribution is -1.97. The number of rotatable bonds is 3. The summed E-state index contributed by atoms with van der Waals surface area (Å²) in [5.74, 6) is 0.323. The highest BCUT2D eigenvalue weighted by molar-refractivity contribution is 6.30. The molecular weight excluding hydrogens is 257 g/mol. The van der Waals surface area contributed by atoms with Crippen molar-refractivity contribution in [2.24, 2.45) is 12.8 Å². The lowest BCUT2D eigenvalue weighted by Gasteiger charge is -2.05. The van der Waals surface area contributed by atoms with Crippen molar-refractivity contribution in [3.63, 3.8) is 0 Å². The molecule has 18 heavy (non-hydrogen) atoms. The average molecular weight is 270 g/mol. The third-order valence-corrected chi connectivity index (χ3v) is 3.17. The Balaban J connectivity index is 2.52. The number of ether oxygens (including phenoxy) is 1. The van der Waals surface area contributed by atoms with E-state index >= 15 is 0 Å². The smallest absolute Gasteiger partial charge is 0.165 e. The Morgan fingerprint density at radius 3 is 2.72 bits per heavy atom. The van der Waals surface area contributed by atoms with Gasteiger partial charge in [-0.3, -0.25) is 0 Å². The maximum atomic E-state index is 13.6. The van der Waals surface area contributed by atoms with Crippen LogP contribution < -0.4 is 10.5 Å². The molecule has 1 aromatic heterocycles. The van der Waals surface area contributed by atoms with E-state index in [0.29, 0.717) is 22.2 Å². The third kappa shape index (κ3) is 2.07. The molecule has 2 rings (SSSR count). The van der Waals surface area contributed by atoms with Crippen molar-refractivity contribution >= 4 is 11.6 Å². The Bertz CT molecular complexity index is 583. The first-order chi connectivity index (χ1) is 8.58. The van der Waals surface area contributed by atoms with Crippen molar-refractivity contribution in [3.05, 3.63) is 34.9 Å². The molecule has 0 unspecified atom stereocenters. The first kappa shape index (κ1) is 12.9. The van der Waals surface area contributed by atoms with Crippen LogP contribution in [0.5, 0.6) is 5.75 Å². The van der Waals surface area contributed by atoms with E-state index in [0.717, 1.165) is 0 Å². The number of hydrogen-bond donors (Lipinski definition) is 1. The van der Waals surface area contributed by atoms with Gasteiger partial charge in [-0.1, -0.05) is 11.6 Å². The zero-order valence-corrected chi connectivity index (χ0v) is 10.8. The van der Waals surface area contributed by atoms with Gasteiger partial charge >= 0.3 is 0 Å². The molecule has 0 fully saturated rings. The molecule has 0 amide bonds. The van der Waals surface area contributed by atoms with E-state index in [1.165, 1.54) is 13.2 Å². The fourth-order valence-corrected chi connectivity index (χ4v) is 1.93. The van der Waals surface area contributed by atoms with Crippen molar-refractivity contribution in [2.75, 3.05) is 7.11 Å². The standard InChI is InChI=1S/C12H13ClFN3O/c1-17-11(13)9(6-15)16-12(17)7-3-4-10(18-2)8(14)5-7/h3-5H,6,15H2,1-2H3. The molecule has 0 aliphatic rings. The van der Waals surface area contributed by atoms with Gasteiger partial charge in [-0.15, -0.1) is 0 Å². The Morgan fingerprint density at radius 2 is 2.22 bits per heavy atom. The first-order valence-electron chi connectivity index (χ1n) is 5.33. The number of imidazole rings is 1. The van der Waals surface area contributed by atoms with Crippen LogP contribution in [0.1, 0.15) is 5.69 Å². The van der Waals surface area contributed by atoms with E-state index in [1.807, 2.05) is 0 Å². The molecule has 0 aliphatic heterocycles. The summed E-state index contributed by atoms with van der Waals surface area (Å²) in [5.41, 5.74) is 6.74. The van der Waals surface area contributed by atoms with Gasteiger partial charge in [-0.2, -0.15) is 0 Å². The second-order valence-corrected chi connectivity index (χ2v) is 4.14. The van der Waals surface area contributed by atoms with Crippen LogP contribution in [-0.2, 0) is 13.6 Å². The SMILES string of the molecule is COc1ccc(-c2nc(CN)c(Cl)n2C)cc1F. The molecule has 6 heteroatoms. The molecule has 1 aromatic carbocycles. The van der Waals surface area contributed by atoms with Crippen LogP contribution in [0.2, 0.25) is 5.15 Å². The first-order valence-corrected chi connectivity index (χ1v) is 5.71. The Labute approximate surface area is 109 Å². The molecule has 0 saturated heterocycles. The van der Waals surface area contributed by atoms with Crippen molar-refractivity contribution < 1.29 is 9.13 Å². The quantitative estimate of drug-likeness (QED) is 0.931. The summed E-state index contributed by atoms with van der Waals surface area (Å²) in [5, 5.41) is 0.462. The highest BCUT2D eigenvalue weighted by Crippen LogP contribution is 2.27. The van der Waals surface area contributed by atoms with E-state index in [9.17, 15) is 4.39 Å². The van der Waals surface area contributed by atoms with E-state index < -0.39 is 5.82 Å². The summed E-state index contributed by atoms with van der Waals surface area (Å²) in [7, 11) is 3.17. The molecule has 1 heterocycles. The number of aromatic nitrogens is 2. The average Bonchev–Trinajstić information content (AvgIpc) is 2.66. The summed E-state index contributed by atoms with van der Waals surface area (Å²) >= 11 is 6.06. The van der Waals surface area contributed by atoms with Gasteiger partial charge in [-0.25, -0.2) is 9.37 Å². The number of benzene rings is 1. The van der Waals surface area contributed by atoms with Crippen LogP contribution in [0.4, 0.5) is 4.39 Å². The molecule has 0 radical (unpaired) electrons. The number of methoxy groups -OCH3 is 1. The van der Waals surface area contributed by atoms with Crippen molar-refractivity contribution in [2.45, 2.75) is 6.54 Å². The van der Waals surface area contributed by atoms with Gasteiger partial charge in [-0.05, 0) is 18.2 Å². The molecule has 0 saturated carbocycles. The zero-order valence-electron chi connectivity index (χ0n) is 10.1. The van der Waals surface area contributed by atoms with Gasteiger partial charge in [0, 0.05) is 19.2 Å². The van der Waals surface area contributed by atoms with Crippen molar-refractivity contribution in [1.29, 1.82) is 0 Å². The fraction of sp³-hybridized carbons (Fsp3) is 0.250. The Hall–Kier alpha value is -1.59. The summed E-state index contributed by atoms with van der Waals surface area (Å²) in [6.45, 7) is 0.241. The molecule has 96 valence electrons. The van der Waals surface area contributed by atoms with Gasteiger partial charge in [0.05, 0.1) is 12.8 Å². The molecule has 0 spiro atoms. The monoisotopic (exact) mass is 269 g/mol. The summed E-state index contributed by atoms with van der Waals surface area (Å²) in [4.78, 5) is 4.29. The minimum absolute atomic E-state index is 0.193. The fourth-order valence-electron chi connectivity index (χ4n) is 1.73. The minimum atomic E-state index is -0.441.